The van der Waals surface area contributed by atoms with Crippen LogP contribution in [0.4, 0.5) is 5.13 Å². The van der Waals surface area contributed by atoms with Crippen LogP contribution in [0.2, 0.25) is 5.28 Å². The molecule has 7 nitrogen and oxygen atoms in total. The summed E-state index contributed by atoms with van der Waals surface area (Å²) in [5, 5.41) is 24.0. The standard InChI is InChI=1S/C10H14ClN3O4S/c1-2-10-3-17-7(18-10)4(5(15)6(10)16)12-9-13-8(11)14-19-9/h4-7,15-16H,2-3H2,1H3,(H,12,13,14)/t4-,5-,6-,7-,10+/m1/s1. The summed E-state index contributed by atoms with van der Waals surface area (Å²) < 4.78 is 15.1. The highest BCUT2D eigenvalue weighted by Gasteiger charge is 2.58. The van der Waals surface area contributed by atoms with E-state index in [0.29, 0.717) is 11.6 Å². The monoisotopic (exact) mass is 307 g/mol. The minimum atomic E-state index is -1.02. The second kappa shape index (κ2) is 4.80. The molecule has 0 amide bonds. The molecule has 3 N–H and O–H groups in total. The van der Waals surface area contributed by atoms with Crippen LogP contribution in [0, 0.1) is 0 Å². The summed E-state index contributed by atoms with van der Waals surface area (Å²) in [6, 6.07) is -0.610. The van der Waals surface area contributed by atoms with E-state index in [0.717, 1.165) is 11.5 Å². The van der Waals surface area contributed by atoms with Gasteiger partial charge in [0.25, 0.3) is 0 Å². The van der Waals surface area contributed by atoms with E-state index in [9.17, 15) is 10.2 Å². The van der Waals surface area contributed by atoms with Crippen LogP contribution in [-0.2, 0) is 9.47 Å². The predicted octanol–water partition coefficient (Wildman–Crippen LogP) is 0.229. The first-order chi connectivity index (χ1) is 9.05. The van der Waals surface area contributed by atoms with Gasteiger partial charge in [0.05, 0.1) is 6.61 Å². The molecule has 1 aromatic rings. The van der Waals surface area contributed by atoms with Crippen molar-refractivity contribution in [3.63, 3.8) is 0 Å². The van der Waals surface area contributed by atoms with Crippen LogP contribution in [-0.4, -0.2) is 56.3 Å². The number of halogens is 1. The first kappa shape index (κ1) is 13.5. The molecule has 0 spiro atoms. The molecule has 0 aliphatic carbocycles. The molecule has 9 heteroatoms. The molecule has 0 saturated carbocycles. The third kappa shape index (κ3) is 2.12. The molecule has 106 valence electrons. The molecular formula is C10H14ClN3O4S. The lowest BCUT2D eigenvalue weighted by atomic mass is 9.86. The van der Waals surface area contributed by atoms with Crippen molar-refractivity contribution in [3.05, 3.63) is 5.28 Å². The van der Waals surface area contributed by atoms with E-state index in [4.69, 9.17) is 21.1 Å². The van der Waals surface area contributed by atoms with Crippen molar-refractivity contribution in [2.75, 3.05) is 11.9 Å². The van der Waals surface area contributed by atoms with Crippen molar-refractivity contribution in [2.24, 2.45) is 0 Å². The van der Waals surface area contributed by atoms with Gasteiger partial charge in [-0.15, -0.1) is 0 Å². The van der Waals surface area contributed by atoms with Crippen molar-refractivity contribution >= 4 is 28.3 Å². The number of hydrogen-bond donors (Lipinski definition) is 3. The summed E-state index contributed by atoms with van der Waals surface area (Å²) in [4.78, 5) is 3.94. The molecule has 2 aliphatic heterocycles. The lowest BCUT2D eigenvalue weighted by molar-refractivity contribution is -0.215. The van der Waals surface area contributed by atoms with E-state index in [-0.39, 0.29) is 11.9 Å². The number of aliphatic hydroxyl groups is 2. The molecule has 2 fully saturated rings. The van der Waals surface area contributed by atoms with Crippen LogP contribution < -0.4 is 5.32 Å². The Bertz CT molecular complexity index is 475. The van der Waals surface area contributed by atoms with Gasteiger partial charge in [0.1, 0.15) is 23.9 Å². The minimum absolute atomic E-state index is 0.134. The fraction of sp³-hybridized carbons (Fsp3) is 0.800. The molecule has 2 bridgehead atoms. The molecule has 3 rings (SSSR count). The molecule has 2 aliphatic rings. The van der Waals surface area contributed by atoms with Gasteiger partial charge in [-0.2, -0.15) is 9.36 Å². The van der Waals surface area contributed by atoms with Gasteiger partial charge in [-0.1, -0.05) is 6.92 Å². The average molecular weight is 308 g/mol. The molecule has 1 aromatic heterocycles. The topological polar surface area (TPSA) is 96.7 Å². The van der Waals surface area contributed by atoms with Crippen LogP contribution in [0.5, 0.6) is 0 Å². The van der Waals surface area contributed by atoms with Gasteiger partial charge in [0, 0.05) is 11.5 Å². The summed E-state index contributed by atoms with van der Waals surface area (Å²) in [6.45, 7) is 2.15. The van der Waals surface area contributed by atoms with Gasteiger partial charge in [0.2, 0.25) is 10.4 Å². The number of rotatable bonds is 3. The number of anilines is 1. The Balaban J connectivity index is 1.80. The Kier molecular flexibility index (Phi) is 3.40. The van der Waals surface area contributed by atoms with E-state index in [1.807, 2.05) is 6.92 Å². The maximum Gasteiger partial charge on any atom is 0.236 e. The summed E-state index contributed by atoms with van der Waals surface area (Å²) in [7, 11) is 0. The fourth-order valence-electron chi connectivity index (χ4n) is 2.48. The van der Waals surface area contributed by atoms with E-state index in [2.05, 4.69) is 14.7 Å². The van der Waals surface area contributed by atoms with Crippen LogP contribution in [0.25, 0.3) is 0 Å². The lowest BCUT2D eigenvalue weighted by Crippen LogP contribution is -2.62. The molecule has 0 aromatic carbocycles. The Hall–Kier alpha value is -0.510. The van der Waals surface area contributed by atoms with Gasteiger partial charge in [0.15, 0.2) is 6.29 Å². The third-order valence-corrected chi connectivity index (χ3v) is 4.57. The number of nitrogens with zero attached hydrogens (tertiary/aromatic N) is 2. The highest BCUT2D eigenvalue weighted by atomic mass is 35.5. The molecular weight excluding hydrogens is 294 g/mol. The highest BCUT2D eigenvalue weighted by molar-refractivity contribution is 7.09. The zero-order valence-electron chi connectivity index (χ0n) is 10.1. The molecule has 0 radical (unpaired) electrons. The summed E-state index contributed by atoms with van der Waals surface area (Å²) in [5.74, 6) is 0. The van der Waals surface area contributed by atoms with E-state index >= 15 is 0 Å². The third-order valence-electron chi connectivity index (χ3n) is 3.66. The zero-order chi connectivity index (χ0) is 13.6. The highest BCUT2D eigenvalue weighted by Crippen LogP contribution is 2.40. The van der Waals surface area contributed by atoms with E-state index < -0.39 is 30.1 Å². The predicted molar refractivity (Wildman–Crippen MR) is 68.2 cm³/mol. The molecule has 3 heterocycles. The molecule has 2 saturated heterocycles. The van der Waals surface area contributed by atoms with Crippen LogP contribution in [0.15, 0.2) is 0 Å². The summed E-state index contributed by atoms with van der Waals surface area (Å²) in [6.07, 6.45) is -2.08. The smallest absolute Gasteiger partial charge is 0.236 e. The van der Waals surface area contributed by atoms with Crippen molar-refractivity contribution < 1.29 is 19.7 Å². The SMILES string of the molecule is CC[C@@]12CO[C@H](O1)[C@H](Nc1nc(Cl)ns1)[C@@H](O)[C@H]2O. The van der Waals surface area contributed by atoms with Crippen molar-refractivity contribution in [1.82, 2.24) is 9.36 Å². The number of aliphatic hydroxyl groups excluding tert-OH is 2. The maximum absolute atomic E-state index is 10.2. The van der Waals surface area contributed by atoms with E-state index in [1.54, 1.807) is 0 Å². The van der Waals surface area contributed by atoms with Gasteiger partial charge in [-0.25, -0.2) is 0 Å². The Morgan fingerprint density at radius 2 is 2.37 bits per heavy atom. The number of hydrogen-bond acceptors (Lipinski definition) is 8. The quantitative estimate of drug-likeness (QED) is 0.735. The van der Waals surface area contributed by atoms with Crippen LogP contribution in [0.3, 0.4) is 0 Å². The van der Waals surface area contributed by atoms with Crippen molar-refractivity contribution in [2.45, 2.75) is 43.5 Å². The van der Waals surface area contributed by atoms with Crippen molar-refractivity contribution in [3.8, 4) is 0 Å². The first-order valence-corrected chi connectivity index (χ1v) is 7.12. The van der Waals surface area contributed by atoms with Gasteiger partial charge in [-0.05, 0) is 18.0 Å². The number of nitrogens with one attached hydrogen (secondary N) is 1. The van der Waals surface area contributed by atoms with Gasteiger partial charge in [-0.3, -0.25) is 0 Å². The largest absolute Gasteiger partial charge is 0.388 e. The van der Waals surface area contributed by atoms with Gasteiger partial charge < -0.3 is 25.0 Å². The van der Waals surface area contributed by atoms with Crippen LogP contribution >= 0.6 is 23.1 Å². The molecule has 19 heavy (non-hydrogen) atoms. The molecule has 0 unspecified atom stereocenters. The summed E-state index contributed by atoms with van der Waals surface area (Å²) in [5.41, 5.74) is -0.818. The lowest BCUT2D eigenvalue weighted by Gasteiger charge is -2.42. The second-order valence-electron chi connectivity index (χ2n) is 4.69. The van der Waals surface area contributed by atoms with Gasteiger partial charge >= 0.3 is 0 Å². The zero-order valence-corrected chi connectivity index (χ0v) is 11.7. The fourth-order valence-corrected chi connectivity index (χ4v) is 3.23. The maximum atomic E-state index is 10.2. The Morgan fingerprint density at radius 3 is 3.00 bits per heavy atom. The first-order valence-electron chi connectivity index (χ1n) is 5.97. The van der Waals surface area contributed by atoms with Crippen LogP contribution in [0.1, 0.15) is 13.3 Å². The molecule has 5 atom stereocenters. The Morgan fingerprint density at radius 1 is 1.58 bits per heavy atom. The minimum Gasteiger partial charge on any atom is -0.388 e. The van der Waals surface area contributed by atoms with E-state index in [1.165, 1.54) is 0 Å². The number of aromatic nitrogens is 2. The Labute approximate surface area is 118 Å². The number of fused-ring (bicyclic) bond motifs is 2. The normalized spacial score (nSPS) is 41.5. The van der Waals surface area contributed by atoms with Crippen molar-refractivity contribution in [1.29, 1.82) is 0 Å². The summed E-state index contributed by atoms with van der Waals surface area (Å²) >= 11 is 6.71. The average Bonchev–Trinajstić information content (AvgIpc) is 2.99. The second-order valence-corrected chi connectivity index (χ2v) is 5.78. The number of ether oxygens (including phenoxy) is 2.